The van der Waals surface area contributed by atoms with Gasteiger partial charge in [-0.1, -0.05) is 12.1 Å². The number of nitrogens with zero attached hydrogens (tertiary/aromatic N) is 1. The number of hydrogen-bond donors (Lipinski definition) is 1. The van der Waals surface area contributed by atoms with Crippen molar-refractivity contribution in [3.05, 3.63) is 42.5 Å². The number of methoxy groups -OCH3 is 2. The first-order chi connectivity index (χ1) is 13.0. The Morgan fingerprint density at radius 1 is 1.19 bits per heavy atom. The van der Waals surface area contributed by atoms with Gasteiger partial charge in [-0.15, -0.1) is 0 Å². The standard InChI is InChI=1S/C20H22N2O5/c1-13-20(24)22(16-6-4-5-7-17(16)27-13)11-10-19(23)21-15-9-8-14(25-2)12-18(15)26-3/h4-9,12-13H,10-11H2,1-3H3,(H,21,23). The number of ether oxygens (including phenoxy) is 3. The summed E-state index contributed by atoms with van der Waals surface area (Å²) in [5, 5.41) is 2.81. The minimum Gasteiger partial charge on any atom is -0.497 e. The van der Waals surface area contributed by atoms with Crippen molar-refractivity contribution in [3.8, 4) is 17.2 Å². The third-order valence-corrected chi connectivity index (χ3v) is 4.32. The first-order valence-electron chi connectivity index (χ1n) is 8.62. The first kappa shape index (κ1) is 18.6. The molecule has 1 unspecified atom stereocenters. The predicted octanol–water partition coefficient (Wildman–Crippen LogP) is 2.85. The summed E-state index contributed by atoms with van der Waals surface area (Å²) in [7, 11) is 3.08. The molecule has 7 nitrogen and oxygen atoms in total. The molecule has 0 spiro atoms. The third-order valence-electron chi connectivity index (χ3n) is 4.32. The second-order valence-electron chi connectivity index (χ2n) is 6.08. The van der Waals surface area contributed by atoms with Gasteiger partial charge in [-0.05, 0) is 31.2 Å². The smallest absolute Gasteiger partial charge is 0.267 e. The molecule has 0 aromatic heterocycles. The lowest BCUT2D eigenvalue weighted by Gasteiger charge is -2.32. The summed E-state index contributed by atoms with van der Waals surface area (Å²) in [5.74, 6) is 1.40. The van der Waals surface area contributed by atoms with Crippen LogP contribution in [0.5, 0.6) is 17.2 Å². The van der Waals surface area contributed by atoms with Crippen LogP contribution in [0.15, 0.2) is 42.5 Å². The van der Waals surface area contributed by atoms with Crippen molar-refractivity contribution in [2.45, 2.75) is 19.4 Å². The lowest BCUT2D eigenvalue weighted by Crippen LogP contribution is -2.45. The summed E-state index contributed by atoms with van der Waals surface area (Å²) >= 11 is 0. The Hall–Kier alpha value is -3.22. The van der Waals surface area contributed by atoms with Crippen LogP contribution >= 0.6 is 0 Å². The lowest BCUT2D eigenvalue weighted by atomic mass is 10.1. The van der Waals surface area contributed by atoms with Crippen molar-refractivity contribution in [1.82, 2.24) is 0 Å². The fourth-order valence-corrected chi connectivity index (χ4v) is 2.92. The second kappa shape index (κ2) is 7.99. The van der Waals surface area contributed by atoms with E-state index in [1.54, 1.807) is 37.1 Å². The molecule has 27 heavy (non-hydrogen) atoms. The Bertz CT molecular complexity index is 852. The highest BCUT2D eigenvalue weighted by Gasteiger charge is 2.31. The van der Waals surface area contributed by atoms with E-state index < -0.39 is 6.10 Å². The van der Waals surface area contributed by atoms with E-state index in [0.717, 1.165) is 0 Å². The summed E-state index contributed by atoms with van der Waals surface area (Å²) < 4.78 is 16.0. The Balaban J connectivity index is 1.68. The van der Waals surface area contributed by atoms with Crippen LogP contribution in [0.1, 0.15) is 13.3 Å². The zero-order chi connectivity index (χ0) is 19.4. The van der Waals surface area contributed by atoms with E-state index in [1.165, 1.54) is 7.11 Å². The van der Waals surface area contributed by atoms with Crippen LogP contribution in [0.3, 0.4) is 0 Å². The van der Waals surface area contributed by atoms with E-state index in [1.807, 2.05) is 24.3 Å². The van der Waals surface area contributed by atoms with Gasteiger partial charge in [0.05, 0.1) is 25.6 Å². The predicted molar refractivity (Wildman–Crippen MR) is 102 cm³/mol. The van der Waals surface area contributed by atoms with Gasteiger partial charge in [0.15, 0.2) is 6.10 Å². The van der Waals surface area contributed by atoms with Crippen LogP contribution < -0.4 is 24.4 Å². The minimum absolute atomic E-state index is 0.141. The molecule has 2 aromatic carbocycles. The Morgan fingerprint density at radius 3 is 2.70 bits per heavy atom. The van der Waals surface area contributed by atoms with Crippen LogP contribution in [0, 0.1) is 0 Å². The van der Waals surface area contributed by atoms with Crippen LogP contribution in [0.4, 0.5) is 11.4 Å². The highest BCUT2D eigenvalue weighted by molar-refractivity contribution is 6.01. The van der Waals surface area contributed by atoms with Crippen molar-refractivity contribution >= 4 is 23.2 Å². The van der Waals surface area contributed by atoms with Gasteiger partial charge in [-0.3, -0.25) is 9.59 Å². The molecular formula is C20H22N2O5. The van der Waals surface area contributed by atoms with Crippen LogP contribution in [-0.4, -0.2) is 38.7 Å². The van der Waals surface area contributed by atoms with E-state index in [0.29, 0.717) is 28.6 Å². The summed E-state index contributed by atoms with van der Waals surface area (Å²) in [6.07, 6.45) is -0.438. The Kier molecular flexibility index (Phi) is 5.49. The number of fused-ring (bicyclic) bond motifs is 1. The molecule has 3 rings (SSSR count). The van der Waals surface area contributed by atoms with Crippen molar-refractivity contribution in [2.75, 3.05) is 31.0 Å². The van der Waals surface area contributed by atoms with E-state index in [-0.39, 0.29) is 24.8 Å². The summed E-state index contributed by atoms with van der Waals surface area (Å²) in [5.41, 5.74) is 1.22. The van der Waals surface area contributed by atoms with Gasteiger partial charge in [0, 0.05) is 19.0 Å². The van der Waals surface area contributed by atoms with Crippen molar-refractivity contribution in [3.63, 3.8) is 0 Å². The normalized spacial score (nSPS) is 15.6. The molecule has 0 saturated carbocycles. The van der Waals surface area contributed by atoms with Crippen molar-refractivity contribution in [1.29, 1.82) is 0 Å². The molecule has 1 atom stereocenters. The molecule has 1 heterocycles. The lowest BCUT2D eigenvalue weighted by molar-refractivity contribution is -0.125. The van der Waals surface area contributed by atoms with Crippen LogP contribution in [0.2, 0.25) is 0 Å². The molecule has 0 radical (unpaired) electrons. The molecule has 2 aromatic rings. The highest BCUT2D eigenvalue weighted by Crippen LogP contribution is 2.34. The molecule has 0 bridgehead atoms. The third kappa shape index (κ3) is 3.97. The van der Waals surface area contributed by atoms with Crippen LogP contribution in [-0.2, 0) is 9.59 Å². The monoisotopic (exact) mass is 370 g/mol. The topological polar surface area (TPSA) is 77.1 Å². The molecule has 2 amide bonds. The Morgan fingerprint density at radius 2 is 1.96 bits per heavy atom. The summed E-state index contributed by atoms with van der Waals surface area (Å²) in [4.78, 5) is 26.5. The number of nitrogens with one attached hydrogen (secondary N) is 1. The maximum atomic E-state index is 12.5. The zero-order valence-electron chi connectivity index (χ0n) is 15.5. The molecule has 0 fully saturated rings. The number of carbonyl (C=O) groups is 2. The molecule has 0 aliphatic carbocycles. The number of anilines is 2. The van der Waals surface area contributed by atoms with Gasteiger partial charge in [0.1, 0.15) is 17.2 Å². The van der Waals surface area contributed by atoms with Crippen molar-refractivity contribution < 1.29 is 23.8 Å². The van der Waals surface area contributed by atoms with E-state index in [9.17, 15) is 9.59 Å². The molecule has 1 aliphatic rings. The van der Waals surface area contributed by atoms with Gasteiger partial charge in [-0.25, -0.2) is 0 Å². The number of amides is 2. The van der Waals surface area contributed by atoms with E-state index in [4.69, 9.17) is 14.2 Å². The fraction of sp³-hybridized carbons (Fsp3) is 0.300. The molecule has 7 heteroatoms. The minimum atomic E-state index is -0.579. The van der Waals surface area contributed by atoms with Gasteiger partial charge < -0.3 is 24.4 Å². The summed E-state index contributed by atoms with van der Waals surface area (Å²) in [6, 6.07) is 12.5. The second-order valence-corrected chi connectivity index (χ2v) is 6.08. The maximum Gasteiger partial charge on any atom is 0.267 e. The molecule has 0 saturated heterocycles. The Labute approximate surface area is 157 Å². The first-order valence-corrected chi connectivity index (χ1v) is 8.62. The molecule has 142 valence electrons. The van der Waals surface area contributed by atoms with Gasteiger partial charge in [0.2, 0.25) is 5.91 Å². The van der Waals surface area contributed by atoms with Gasteiger partial charge in [0.25, 0.3) is 5.91 Å². The average Bonchev–Trinajstić information content (AvgIpc) is 2.68. The zero-order valence-corrected chi connectivity index (χ0v) is 15.5. The quantitative estimate of drug-likeness (QED) is 0.846. The number of para-hydroxylation sites is 2. The average molecular weight is 370 g/mol. The number of rotatable bonds is 6. The largest absolute Gasteiger partial charge is 0.497 e. The molecule has 1 aliphatic heterocycles. The number of carbonyl (C=O) groups excluding carboxylic acids is 2. The van der Waals surface area contributed by atoms with Crippen LogP contribution in [0.25, 0.3) is 0 Å². The number of benzene rings is 2. The highest BCUT2D eigenvalue weighted by atomic mass is 16.5. The fourth-order valence-electron chi connectivity index (χ4n) is 2.92. The van der Waals surface area contributed by atoms with Gasteiger partial charge in [-0.2, -0.15) is 0 Å². The van der Waals surface area contributed by atoms with E-state index >= 15 is 0 Å². The number of hydrogen-bond acceptors (Lipinski definition) is 5. The van der Waals surface area contributed by atoms with Crippen molar-refractivity contribution in [2.24, 2.45) is 0 Å². The maximum absolute atomic E-state index is 12.5. The molecule has 1 N–H and O–H groups in total. The SMILES string of the molecule is COc1ccc(NC(=O)CCN2C(=O)C(C)Oc3ccccc32)c(OC)c1. The van der Waals surface area contributed by atoms with Gasteiger partial charge >= 0.3 is 0 Å². The molecular weight excluding hydrogens is 348 g/mol. The van der Waals surface area contributed by atoms with E-state index in [2.05, 4.69) is 5.32 Å². The summed E-state index contributed by atoms with van der Waals surface area (Å²) in [6.45, 7) is 1.96.